The van der Waals surface area contributed by atoms with E-state index in [4.69, 9.17) is 10.6 Å². The van der Waals surface area contributed by atoms with Crippen LogP contribution in [0, 0.1) is 5.92 Å². The first-order valence-electron chi connectivity index (χ1n) is 6.44. The molecule has 1 atom stereocenters. The summed E-state index contributed by atoms with van der Waals surface area (Å²) in [7, 11) is 1.70. The second-order valence-electron chi connectivity index (χ2n) is 4.25. The van der Waals surface area contributed by atoms with Gasteiger partial charge in [0.15, 0.2) is 0 Å². The molecule has 0 aliphatic rings. The average Bonchev–Trinajstić information content (AvgIpc) is 2.36. The topological polar surface area (TPSA) is 62.9 Å². The lowest BCUT2D eigenvalue weighted by atomic mass is 10.1. The first-order valence-corrected chi connectivity index (χ1v) is 6.44. The van der Waals surface area contributed by atoms with Gasteiger partial charge in [-0.15, -0.1) is 0 Å². The third-order valence-corrected chi connectivity index (χ3v) is 2.81. The van der Waals surface area contributed by atoms with E-state index in [2.05, 4.69) is 36.1 Å². The first kappa shape index (κ1) is 16.2. The van der Waals surface area contributed by atoms with Crippen molar-refractivity contribution in [3.8, 4) is 0 Å². The fraction of sp³-hybridized carbons (Fsp3) is 0.917. The van der Waals surface area contributed by atoms with Crippen LogP contribution in [0.3, 0.4) is 0 Å². The molecule has 17 heavy (non-hydrogen) atoms. The van der Waals surface area contributed by atoms with Crippen molar-refractivity contribution in [1.82, 2.24) is 10.3 Å². The number of nitrogens with two attached hydrogens (primary N) is 1. The number of hydrogen-bond donors (Lipinski definition) is 2. The van der Waals surface area contributed by atoms with E-state index >= 15 is 0 Å². The molecule has 0 saturated carbocycles. The number of aliphatic imine (C=N–C) groups is 1. The Morgan fingerprint density at radius 1 is 1.47 bits per heavy atom. The Labute approximate surface area is 105 Å². The highest BCUT2D eigenvalue weighted by molar-refractivity contribution is 5.79. The van der Waals surface area contributed by atoms with Crippen molar-refractivity contribution < 1.29 is 4.74 Å². The van der Waals surface area contributed by atoms with Crippen LogP contribution in [0.4, 0.5) is 0 Å². The second kappa shape index (κ2) is 10.4. The maximum absolute atomic E-state index is 5.53. The normalized spacial score (nSPS) is 13.6. The van der Waals surface area contributed by atoms with E-state index in [1.165, 1.54) is 0 Å². The molecule has 0 spiro atoms. The van der Waals surface area contributed by atoms with Crippen LogP contribution >= 0.6 is 0 Å². The predicted octanol–water partition coefficient (Wildman–Crippen LogP) is 1.21. The minimum atomic E-state index is 0.646. The maximum Gasteiger partial charge on any atom is 0.208 e. The number of guanidine groups is 1. The SMILES string of the molecule is CCC(C)CN(CC)C(=NCCCOC)NN. The van der Waals surface area contributed by atoms with Gasteiger partial charge in [-0.1, -0.05) is 20.3 Å². The lowest BCUT2D eigenvalue weighted by Crippen LogP contribution is -2.46. The van der Waals surface area contributed by atoms with Crippen molar-refractivity contribution in [3.05, 3.63) is 0 Å². The van der Waals surface area contributed by atoms with Gasteiger partial charge in [0.2, 0.25) is 5.96 Å². The number of nitrogens with one attached hydrogen (secondary N) is 1. The van der Waals surface area contributed by atoms with Gasteiger partial charge < -0.3 is 9.64 Å². The van der Waals surface area contributed by atoms with Crippen molar-refractivity contribution in [2.24, 2.45) is 16.8 Å². The summed E-state index contributed by atoms with van der Waals surface area (Å²) >= 11 is 0. The van der Waals surface area contributed by atoms with Crippen LogP contribution in [0.25, 0.3) is 0 Å². The van der Waals surface area contributed by atoms with Crippen molar-refractivity contribution in [2.75, 3.05) is 33.4 Å². The monoisotopic (exact) mass is 244 g/mol. The maximum atomic E-state index is 5.53. The smallest absolute Gasteiger partial charge is 0.208 e. The number of methoxy groups -OCH3 is 1. The molecule has 0 saturated heterocycles. The van der Waals surface area contributed by atoms with Crippen LogP contribution in [0.5, 0.6) is 0 Å². The Balaban J connectivity index is 4.26. The molecule has 0 aromatic heterocycles. The molecule has 102 valence electrons. The van der Waals surface area contributed by atoms with Crippen LogP contribution in [0.2, 0.25) is 0 Å². The van der Waals surface area contributed by atoms with Crippen molar-refractivity contribution in [2.45, 2.75) is 33.6 Å². The van der Waals surface area contributed by atoms with Crippen molar-refractivity contribution in [1.29, 1.82) is 0 Å². The minimum Gasteiger partial charge on any atom is -0.385 e. The lowest BCUT2D eigenvalue weighted by molar-refractivity contribution is 0.196. The molecule has 0 aliphatic heterocycles. The largest absolute Gasteiger partial charge is 0.385 e. The zero-order valence-electron chi connectivity index (χ0n) is 11.7. The Morgan fingerprint density at radius 2 is 2.18 bits per heavy atom. The van der Waals surface area contributed by atoms with E-state index in [1.54, 1.807) is 7.11 Å². The van der Waals surface area contributed by atoms with E-state index < -0.39 is 0 Å². The third-order valence-electron chi connectivity index (χ3n) is 2.81. The van der Waals surface area contributed by atoms with E-state index in [1.807, 2.05) is 0 Å². The number of nitrogens with zero attached hydrogens (tertiary/aromatic N) is 2. The molecule has 0 aromatic rings. The molecule has 0 bridgehead atoms. The highest BCUT2D eigenvalue weighted by atomic mass is 16.5. The average molecular weight is 244 g/mol. The van der Waals surface area contributed by atoms with Crippen LogP contribution in [0.1, 0.15) is 33.6 Å². The molecular formula is C12H28N4O. The molecule has 1 unspecified atom stereocenters. The van der Waals surface area contributed by atoms with Crippen molar-refractivity contribution >= 4 is 5.96 Å². The number of ether oxygens (including phenoxy) is 1. The summed E-state index contributed by atoms with van der Waals surface area (Å²) in [4.78, 5) is 6.65. The van der Waals surface area contributed by atoms with Gasteiger partial charge in [-0.3, -0.25) is 10.4 Å². The minimum absolute atomic E-state index is 0.646. The van der Waals surface area contributed by atoms with Gasteiger partial charge in [0.05, 0.1) is 0 Å². The van der Waals surface area contributed by atoms with Gasteiger partial charge in [-0.2, -0.15) is 0 Å². The fourth-order valence-corrected chi connectivity index (χ4v) is 1.50. The fourth-order valence-electron chi connectivity index (χ4n) is 1.50. The van der Waals surface area contributed by atoms with E-state index in [9.17, 15) is 0 Å². The van der Waals surface area contributed by atoms with E-state index in [0.717, 1.165) is 45.0 Å². The van der Waals surface area contributed by atoms with Crippen LogP contribution in [0.15, 0.2) is 4.99 Å². The molecule has 0 amide bonds. The summed E-state index contributed by atoms with van der Waals surface area (Å²) in [6.07, 6.45) is 2.08. The summed E-state index contributed by atoms with van der Waals surface area (Å²) in [6.45, 7) is 9.93. The first-order chi connectivity index (χ1) is 8.19. The van der Waals surface area contributed by atoms with Gasteiger partial charge >= 0.3 is 0 Å². The Morgan fingerprint density at radius 3 is 2.65 bits per heavy atom. The number of rotatable bonds is 8. The Hall–Kier alpha value is -0.810. The van der Waals surface area contributed by atoms with E-state index in [0.29, 0.717) is 5.92 Å². The summed E-state index contributed by atoms with van der Waals surface area (Å²) in [5, 5.41) is 0. The number of hydrogen-bond acceptors (Lipinski definition) is 3. The van der Waals surface area contributed by atoms with Gasteiger partial charge in [0.25, 0.3) is 0 Å². The van der Waals surface area contributed by atoms with Gasteiger partial charge in [-0.05, 0) is 19.3 Å². The lowest BCUT2D eigenvalue weighted by Gasteiger charge is -2.26. The number of hydrazine groups is 1. The Bertz CT molecular complexity index is 209. The van der Waals surface area contributed by atoms with Gasteiger partial charge in [-0.25, -0.2) is 5.84 Å². The van der Waals surface area contributed by atoms with Gasteiger partial charge in [0.1, 0.15) is 0 Å². The summed E-state index contributed by atoms with van der Waals surface area (Å²) in [5.74, 6) is 6.95. The molecule has 0 fully saturated rings. The van der Waals surface area contributed by atoms with E-state index in [-0.39, 0.29) is 0 Å². The summed E-state index contributed by atoms with van der Waals surface area (Å²) in [5.41, 5.74) is 2.69. The molecule has 5 nitrogen and oxygen atoms in total. The zero-order chi connectivity index (χ0) is 13.1. The molecular weight excluding hydrogens is 216 g/mol. The highest BCUT2D eigenvalue weighted by Gasteiger charge is 2.10. The quantitative estimate of drug-likeness (QED) is 0.221. The molecule has 0 heterocycles. The molecule has 0 aliphatic carbocycles. The van der Waals surface area contributed by atoms with Crippen LogP contribution in [-0.4, -0.2) is 44.2 Å². The second-order valence-corrected chi connectivity index (χ2v) is 4.25. The summed E-state index contributed by atoms with van der Waals surface area (Å²) < 4.78 is 4.99. The molecule has 5 heteroatoms. The molecule has 0 rings (SSSR count). The predicted molar refractivity (Wildman–Crippen MR) is 72.8 cm³/mol. The molecule has 0 radical (unpaired) electrons. The van der Waals surface area contributed by atoms with Crippen molar-refractivity contribution in [3.63, 3.8) is 0 Å². The van der Waals surface area contributed by atoms with Crippen LogP contribution in [-0.2, 0) is 4.74 Å². The van der Waals surface area contributed by atoms with Gasteiger partial charge in [0, 0.05) is 33.4 Å². The zero-order valence-corrected chi connectivity index (χ0v) is 11.7. The van der Waals surface area contributed by atoms with Crippen LogP contribution < -0.4 is 11.3 Å². The molecule has 3 N–H and O–H groups in total. The highest BCUT2D eigenvalue weighted by Crippen LogP contribution is 2.04. The summed E-state index contributed by atoms with van der Waals surface area (Å²) in [6, 6.07) is 0. The standard InChI is InChI=1S/C12H28N4O/c1-5-11(3)10-16(6-2)12(15-13)14-8-7-9-17-4/h11H,5-10,13H2,1-4H3,(H,14,15). The molecule has 0 aromatic carbocycles. The Kier molecular flexibility index (Phi) is 9.86. The third kappa shape index (κ3) is 7.18.